The van der Waals surface area contributed by atoms with E-state index in [0.717, 1.165) is 0 Å². The van der Waals surface area contributed by atoms with Gasteiger partial charge >= 0.3 is 6.03 Å². The molecule has 4 heteroatoms. The minimum Gasteiger partial charge on any atom is -0.336 e. The average molecular weight is 222 g/mol. The Morgan fingerprint density at radius 2 is 2.07 bits per heavy atom. The van der Waals surface area contributed by atoms with Crippen LogP contribution in [0.2, 0.25) is 0 Å². The maximum absolute atomic E-state index is 11.3. The van der Waals surface area contributed by atoms with Crippen molar-refractivity contribution in [3.05, 3.63) is 29.8 Å². The molecule has 0 aliphatic carbocycles. The monoisotopic (exact) mass is 222 g/mol. The van der Waals surface area contributed by atoms with Crippen LogP contribution < -0.4 is 5.32 Å². The molecule has 15 heavy (non-hydrogen) atoms. The highest BCUT2D eigenvalue weighted by atomic mass is 32.2. The first-order chi connectivity index (χ1) is 7.22. The molecule has 1 atom stereocenters. The van der Waals surface area contributed by atoms with E-state index in [0.29, 0.717) is 6.54 Å². The number of nitrogens with zero attached hydrogens (tertiary/aromatic N) is 1. The van der Waals surface area contributed by atoms with Crippen LogP contribution in [0, 0.1) is 0 Å². The Morgan fingerprint density at radius 3 is 2.53 bits per heavy atom. The molecule has 0 bridgehead atoms. The molecular formula is C11H14N2OS. The quantitative estimate of drug-likeness (QED) is 0.777. The molecule has 0 saturated carbocycles. The first-order valence-corrected chi connectivity index (χ1v) is 6.09. The predicted octanol–water partition coefficient (Wildman–Crippen LogP) is 2.10. The lowest BCUT2D eigenvalue weighted by atomic mass is 10.1. The fraction of sp³-hybridized carbons (Fsp3) is 0.364. The molecule has 3 nitrogen and oxygen atoms in total. The molecular weight excluding hydrogens is 208 g/mol. The van der Waals surface area contributed by atoms with Crippen LogP contribution in [-0.4, -0.2) is 30.8 Å². The van der Waals surface area contributed by atoms with Crippen LogP contribution in [0.25, 0.3) is 0 Å². The number of rotatable bonds is 2. The lowest BCUT2D eigenvalue weighted by molar-refractivity contribution is 0.217. The fourth-order valence-electron chi connectivity index (χ4n) is 1.75. The van der Waals surface area contributed by atoms with E-state index in [4.69, 9.17) is 0 Å². The van der Waals surface area contributed by atoms with Crippen molar-refractivity contribution in [2.75, 3.05) is 19.8 Å². The number of carbonyl (C=O) groups excluding carboxylic acids is 1. The second-order valence-electron chi connectivity index (χ2n) is 3.59. The maximum Gasteiger partial charge on any atom is 0.317 e. The van der Waals surface area contributed by atoms with Gasteiger partial charge in [0.05, 0.1) is 6.04 Å². The highest BCUT2D eigenvalue weighted by molar-refractivity contribution is 7.98. The van der Waals surface area contributed by atoms with Crippen LogP contribution >= 0.6 is 11.8 Å². The number of carbonyl (C=O) groups is 1. The molecule has 0 spiro atoms. The molecule has 1 fully saturated rings. The zero-order valence-corrected chi connectivity index (χ0v) is 9.67. The summed E-state index contributed by atoms with van der Waals surface area (Å²) < 4.78 is 0. The summed E-state index contributed by atoms with van der Waals surface area (Å²) in [7, 11) is 1.83. The van der Waals surface area contributed by atoms with Gasteiger partial charge in [-0.05, 0) is 24.0 Å². The second-order valence-corrected chi connectivity index (χ2v) is 4.47. The molecule has 2 rings (SSSR count). The number of thioether (sulfide) groups is 1. The molecule has 1 aromatic rings. The van der Waals surface area contributed by atoms with Crippen molar-refractivity contribution >= 4 is 17.8 Å². The van der Waals surface area contributed by atoms with Gasteiger partial charge in [-0.2, -0.15) is 0 Å². The molecule has 2 amide bonds. The van der Waals surface area contributed by atoms with Gasteiger partial charge in [-0.3, -0.25) is 0 Å². The Kier molecular flexibility index (Phi) is 2.86. The van der Waals surface area contributed by atoms with Crippen molar-refractivity contribution in [2.45, 2.75) is 10.9 Å². The van der Waals surface area contributed by atoms with Crippen molar-refractivity contribution in [3.63, 3.8) is 0 Å². The van der Waals surface area contributed by atoms with Gasteiger partial charge in [0.15, 0.2) is 0 Å². The molecule has 1 heterocycles. The van der Waals surface area contributed by atoms with Crippen molar-refractivity contribution in [2.24, 2.45) is 0 Å². The first-order valence-electron chi connectivity index (χ1n) is 4.87. The molecule has 0 radical (unpaired) electrons. The molecule has 1 N–H and O–H groups in total. The Balaban J connectivity index is 2.19. The Morgan fingerprint density at radius 1 is 1.40 bits per heavy atom. The Bertz CT molecular complexity index is 363. The lowest BCUT2D eigenvalue weighted by Crippen LogP contribution is -2.25. The fourth-order valence-corrected chi connectivity index (χ4v) is 2.16. The second kappa shape index (κ2) is 4.14. The van der Waals surface area contributed by atoms with Crippen molar-refractivity contribution < 1.29 is 4.79 Å². The van der Waals surface area contributed by atoms with Gasteiger partial charge in [-0.15, -0.1) is 11.8 Å². The van der Waals surface area contributed by atoms with Gasteiger partial charge in [0.1, 0.15) is 0 Å². The number of hydrogen-bond donors (Lipinski definition) is 1. The normalized spacial score (nSPS) is 20.5. The number of amides is 2. The maximum atomic E-state index is 11.3. The summed E-state index contributed by atoms with van der Waals surface area (Å²) in [6.07, 6.45) is 2.06. The summed E-state index contributed by atoms with van der Waals surface area (Å²) in [6.45, 7) is 0.702. The highest BCUT2D eigenvalue weighted by Crippen LogP contribution is 2.24. The summed E-state index contributed by atoms with van der Waals surface area (Å²) in [6, 6.07) is 8.55. The molecule has 80 valence electrons. The predicted molar refractivity (Wildman–Crippen MR) is 62.1 cm³/mol. The number of hydrogen-bond acceptors (Lipinski definition) is 2. The van der Waals surface area contributed by atoms with Crippen LogP contribution in [0.15, 0.2) is 29.2 Å². The smallest absolute Gasteiger partial charge is 0.317 e. The molecule has 1 unspecified atom stereocenters. The van der Waals surface area contributed by atoms with Gasteiger partial charge in [0.25, 0.3) is 0 Å². The summed E-state index contributed by atoms with van der Waals surface area (Å²) in [5.41, 5.74) is 1.19. The zero-order chi connectivity index (χ0) is 10.8. The molecule has 1 aliphatic rings. The van der Waals surface area contributed by atoms with E-state index in [-0.39, 0.29) is 12.1 Å². The van der Waals surface area contributed by atoms with E-state index in [1.165, 1.54) is 10.5 Å². The van der Waals surface area contributed by atoms with Crippen molar-refractivity contribution in [1.29, 1.82) is 0 Å². The van der Waals surface area contributed by atoms with Gasteiger partial charge in [0, 0.05) is 18.5 Å². The topological polar surface area (TPSA) is 32.3 Å². The van der Waals surface area contributed by atoms with E-state index in [9.17, 15) is 4.79 Å². The first kappa shape index (κ1) is 10.4. The largest absolute Gasteiger partial charge is 0.336 e. The van der Waals surface area contributed by atoms with Crippen LogP contribution in [0.4, 0.5) is 4.79 Å². The molecule has 1 aromatic carbocycles. The van der Waals surface area contributed by atoms with Gasteiger partial charge < -0.3 is 10.2 Å². The number of urea groups is 1. The van der Waals surface area contributed by atoms with Crippen LogP contribution in [-0.2, 0) is 0 Å². The SMILES string of the molecule is CSc1ccc(C2CNC(=O)N2C)cc1. The van der Waals surface area contributed by atoms with Gasteiger partial charge in [-0.1, -0.05) is 12.1 Å². The zero-order valence-electron chi connectivity index (χ0n) is 8.86. The molecule has 0 aromatic heterocycles. The van der Waals surface area contributed by atoms with Crippen molar-refractivity contribution in [1.82, 2.24) is 10.2 Å². The van der Waals surface area contributed by atoms with E-state index >= 15 is 0 Å². The van der Waals surface area contributed by atoms with Crippen LogP contribution in [0.1, 0.15) is 11.6 Å². The van der Waals surface area contributed by atoms with Crippen LogP contribution in [0.3, 0.4) is 0 Å². The standard InChI is InChI=1S/C11H14N2OS/c1-13-10(7-12-11(13)14)8-3-5-9(15-2)6-4-8/h3-6,10H,7H2,1-2H3,(H,12,14). The highest BCUT2D eigenvalue weighted by Gasteiger charge is 2.28. The van der Waals surface area contributed by atoms with Gasteiger partial charge in [0.2, 0.25) is 0 Å². The third-order valence-corrected chi connectivity index (χ3v) is 3.48. The third-order valence-electron chi connectivity index (χ3n) is 2.74. The summed E-state index contributed by atoms with van der Waals surface area (Å²) in [5, 5.41) is 2.83. The molecule has 1 aliphatic heterocycles. The minimum atomic E-state index is 0.00828. The lowest BCUT2D eigenvalue weighted by Gasteiger charge is -2.18. The van der Waals surface area contributed by atoms with Crippen LogP contribution in [0.5, 0.6) is 0 Å². The Labute approximate surface area is 93.8 Å². The number of nitrogens with one attached hydrogen (secondary N) is 1. The minimum absolute atomic E-state index is 0.00828. The summed E-state index contributed by atoms with van der Waals surface area (Å²) in [5.74, 6) is 0. The van der Waals surface area contributed by atoms with E-state index in [1.54, 1.807) is 16.7 Å². The van der Waals surface area contributed by atoms with Crippen molar-refractivity contribution in [3.8, 4) is 0 Å². The van der Waals surface area contributed by atoms with E-state index in [1.807, 2.05) is 7.05 Å². The third kappa shape index (κ3) is 1.95. The molecule has 1 saturated heterocycles. The van der Waals surface area contributed by atoms with E-state index < -0.39 is 0 Å². The van der Waals surface area contributed by atoms with Gasteiger partial charge in [-0.25, -0.2) is 4.79 Å². The Hall–Kier alpha value is -1.16. The average Bonchev–Trinajstić information content (AvgIpc) is 2.60. The number of likely N-dealkylation sites (N-methyl/N-ethyl adjacent to an activating group) is 1. The summed E-state index contributed by atoms with van der Waals surface area (Å²) >= 11 is 1.73. The van der Waals surface area contributed by atoms with E-state index in [2.05, 4.69) is 35.8 Å². The number of benzene rings is 1. The summed E-state index contributed by atoms with van der Waals surface area (Å²) in [4.78, 5) is 14.3.